The van der Waals surface area contributed by atoms with Gasteiger partial charge < -0.3 is 15.2 Å². The molecule has 0 spiro atoms. The fourth-order valence-corrected chi connectivity index (χ4v) is 1.81. The predicted octanol–water partition coefficient (Wildman–Crippen LogP) is -0.236. The van der Waals surface area contributed by atoms with Gasteiger partial charge in [0.05, 0.1) is 19.2 Å². The van der Waals surface area contributed by atoms with Crippen molar-refractivity contribution in [3.05, 3.63) is 0 Å². The van der Waals surface area contributed by atoms with Crippen molar-refractivity contribution in [1.82, 2.24) is 5.32 Å². The summed E-state index contributed by atoms with van der Waals surface area (Å²) in [6.45, 7) is 5.31. The highest BCUT2D eigenvalue weighted by Crippen LogP contribution is 2.22. The van der Waals surface area contributed by atoms with Gasteiger partial charge in [-0.05, 0) is 27.2 Å². The molecule has 1 fully saturated rings. The van der Waals surface area contributed by atoms with Crippen molar-refractivity contribution in [3.63, 3.8) is 0 Å². The lowest BCUT2D eigenvalue weighted by atomic mass is 10.0. The van der Waals surface area contributed by atoms with Gasteiger partial charge in [-0.1, -0.05) is 0 Å². The summed E-state index contributed by atoms with van der Waals surface area (Å²) in [6, 6.07) is -0.725. The molecule has 1 rings (SSSR count). The maximum absolute atomic E-state index is 11.9. The Hall–Kier alpha value is -1.14. The summed E-state index contributed by atoms with van der Waals surface area (Å²) < 4.78 is 9.88. The number of esters is 2. The van der Waals surface area contributed by atoms with Crippen LogP contribution in [0.25, 0.3) is 0 Å². The van der Waals surface area contributed by atoms with Crippen LogP contribution in [0.5, 0.6) is 0 Å². The molecule has 0 aromatic rings. The molecule has 1 saturated heterocycles. The van der Waals surface area contributed by atoms with Crippen molar-refractivity contribution >= 4 is 11.9 Å². The van der Waals surface area contributed by atoms with E-state index in [1.807, 2.05) is 0 Å². The second-order valence-corrected chi connectivity index (χ2v) is 5.15. The monoisotopic (exact) mass is 244 g/mol. The average molecular weight is 244 g/mol. The second kappa shape index (κ2) is 5.01. The van der Waals surface area contributed by atoms with Crippen molar-refractivity contribution in [3.8, 4) is 0 Å². The van der Waals surface area contributed by atoms with E-state index in [1.54, 1.807) is 20.8 Å². The second-order valence-electron chi connectivity index (χ2n) is 5.15. The Labute approximate surface area is 101 Å². The third-order valence-electron chi connectivity index (χ3n) is 2.47. The molecule has 0 radical (unpaired) electrons. The van der Waals surface area contributed by atoms with Crippen molar-refractivity contribution in [2.24, 2.45) is 11.7 Å². The van der Waals surface area contributed by atoms with E-state index in [0.717, 1.165) is 0 Å². The number of methoxy groups -OCH3 is 1. The minimum Gasteiger partial charge on any atom is -0.469 e. The summed E-state index contributed by atoms with van der Waals surface area (Å²) >= 11 is 0. The zero-order chi connectivity index (χ0) is 13.2. The highest BCUT2D eigenvalue weighted by molar-refractivity contribution is 5.85. The Kier molecular flexibility index (Phi) is 4.11. The van der Waals surface area contributed by atoms with Crippen LogP contribution < -0.4 is 11.1 Å². The largest absolute Gasteiger partial charge is 0.469 e. The van der Waals surface area contributed by atoms with E-state index in [2.05, 4.69) is 10.1 Å². The van der Waals surface area contributed by atoms with Gasteiger partial charge in [0.15, 0.2) is 0 Å². The number of hydrogen-bond acceptors (Lipinski definition) is 6. The fraction of sp³-hybridized carbons (Fsp3) is 0.818. The summed E-state index contributed by atoms with van der Waals surface area (Å²) in [7, 11) is 1.29. The lowest BCUT2D eigenvalue weighted by Gasteiger charge is -2.24. The van der Waals surface area contributed by atoms with Gasteiger partial charge in [0.25, 0.3) is 0 Å². The Balaban J connectivity index is 2.73. The molecular weight excluding hydrogens is 224 g/mol. The molecule has 3 atom stereocenters. The van der Waals surface area contributed by atoms with Crippen LogP contribution in [0.3, 0.4) is 0 Å². The number of rotatable bonds is 2. The Morgan fingerprint density at radius 1 is 1.29 bits per heavy atom. The third kappa shape index (κ3) is 3.67. The Morgan fingerprint density at radius 2 is 1.88 bits per heavy atom. The van der Waals surface area contributed by atoms with Crippen molar-refractivity contribution < 1.29 is 19.1 Å². The van der Waals surface area contributed by atoms with Gasteiger partial charge in [0, 0.05) is 0 Å². The molecule has 0 saturated carbocycles. The fourth-order valence-electron chi connectivity index (χ4n) is 1.81. The molecular formula is C11H20N2O4. The standard InChI is InChI=1S/C11H20N2O4/c1-11(2,3)17-10(15)8-6(9(14)16-4)5-7(12)13-8/h6-8,13H,5,12H2,1-4H3. The first-order valence-electron chi connectivity index (χ1n) is 5.57. The average Bonchev–Trinajstić information content (AvgIpc) is 2.56. The van der Waals surface area contributed by atoms with Crippen LogP contribution in [-0.2, 0) is 19.1 Å². The first-order valence-corrected chi connectivity index (χ1v) is 5.57. The smallest absolute Gasteiger partial charge is 0.324 e. The van der Waals surface area contributed by atoms with Crippen LogP contribution in [0, 0.1) is 5.92 Å². The van der Waals surface area contributed by atoms with Crippen molar-refractivity contribution in [2.45, 2.75) is 45.0 Å². The maximum atomic E-state index is 11.9. The van der Waals surface area contributed by atoms with Gasteiger partial charge in [0.1, 0.15) is 11.6 Å². The topological polar surface area (TPSA) is 90.6 Å². The van der Waals surface area contributed by atoms with Gasteiger partial charge in [-0.3, -0.25) is 14.9 Å². The Morgan fingerprint density at radius 3 is 2.35 bits per heavy atom. The molecule has 1 aliphatic rings. The summed E-state index contributed by atoms with van der Waals surface area (Å²) in [6.07, 6.45) is -0.0204. The molecule has 0 bridgehead atoms. The van der Waals surface area contributed by atoms with E-state index >= 15 is 0 Å². The number of nitrogens with two attached hydrogens (primary N) is 1. The SMILES string of the molecule is COC(=O)C1CC(N)NC1C(=O)OC(C)(C)C. The summed E-state index contributed by atoms with van der Waals surface area (Å²) in [4.78, 5) is 23.4. The first kappa shape index (κ1) is 13.9. The van der Waals surface area contributed by atoms with Gasteiger partial charge in [-0.15, -0.1) is 0 Å². The lowest BCUT2D eigenvalue weighted by molar-refractivity contribution is -0.162. The van der Waals surface area contributed by atoms with Crippen LogP contribution in [0.15, 0.2) is 0 Å². The summed E-state index contributed by atoms with van der Waals surface area (Å²) in [5.74, 6) is -1.49. The minimum absolute atomic E-state index is 0.372. The Bertz CT molecular complexity index is 311. The van der Waals surface area contributed by atoms with Gasteiger partial charge in [0.2, 0.25) is 0 Å². The van der Waals surface area contributed by atoms with Crippen molar-refractivity contribution in [2.75, 3.05) is 7.11 Å². The highest BCUT2D eigenvalue weighted by atomic mass is 16.6. The van der Waals surface area contributed by atoms with Crippen LogP contribution >= 0.6 is 0 Å². The number of ether oxygens (including phenoxy) is 2. The van der Waals surface area contributed by atoms with Crippen LogP contribution in [0.4, 0.5) is 0 Å². The number of carbonyl (C=O) groups excluding carboxylic acids is 2. The van der Waals surface area contributed by atoms with E-state index in [-0.39, 0.29) is 0 Å². The van der Waals surface area contributed by atoms with Gasteiger partial charge in [-0.2, -0.15) is 0 Å². The molecule has 3 unspecified atom stereocenters. The molecule has 1 aliphatic heterocycles. The zero-order valence-corrected chi connectivity index (χ0v) is 10.6. The molecule has 17 heavy (non-hydrogen) atoms. The molecule has 6 nitrogen and oxygen atoms in total. The summed E-state index contributed by atoms with van der Waals surface area (Å²) in [5.41, 5.74) is 5.09. The van der Waals surface area contributed by atoms with Gasteiger partial charge in [-0.25, -0.2) is 0 Å². The molecule has 1 heterocycles. The number of nitrogens with one attached hydrogen (secondary N) is 1. The molecule has 3 N–H and O–H groups in total. The molecule has 0 amide bonds. The van der Waals surface area contributed by atoms with Crippen molar-refractivity contribution in [1.29, 1.82) is 0 Å². The van der Waals surface area contributed by atoms with Crippen LogP contribution in [0.2, 0.25) is 0 Å². The highest BCUT2D eigenvalue weighted by Gasteiger charge is 2.43. The van der Waals surface area contributed by atoms with E-state index in [1.165, 1.54) is 7.11 Å². The molecule has 6 heteroatoms. The molecule has 0 aromatic carbocycles. The first-order chi connectivity index (χ1) is 7.74. The van der Waals surface area contributed by atoms with Crippen LogP contribution in [-0.4, -0.2) is 36.9 Å². The van der Waals surface area contributed by atoms with E-state index in [9.17, 15) is 9.59 Å². The quantitative estimate of drug-likeness (QED) is 0.652. The van der Waals surface area contributed by atoms with Crippen LogP contribution in [0.1, 0.15) is 27.2 Å². The zero-order valence-electron chi connectivity index (χ0n) is 10.6. The molecule has 0 aromatic heterocycles. The lowest BCUT2D eigenvalue weighted by Crippen LogP contribution is -2.46. The molecule has 0 aliphatic carbocycles. The number of hydrogen-bond donors (Lipinski definition) is 2. The third-order valence-corrected chi connectivity index (χ3v) is 2.47. The summed E-state index contributed by atoms with van der Waals surface area (Å²) in [5, 5.41) is 2.84. The van der Waals surface area contributed by atoms with Gasteiger partial charge >= 0.3 is 11.9 Å². The van der Waals surface area contributed by atoms with E-state index < -0.39 is 35.7 Å². The minimum atomic E-state index is -0.725. The number of carbonyl (C=O) groups is 2. The predicted molar refractivity (Wildman–Crippen MR) is 60.9 cm³/mol. The van der Waals surface area contributed by atoms with E-state index in [0.29, 0.717) is 6.42 Å². The molecule has 98 valence electrons. The maximum Gasteiger partial charge on any atom is 0.324 e. The normalized spacial score (nSPS) is 28.9. The van der Waals surface area contributed by atoms with E-state index in [4.69, 9.17) is 10.5 Å².